The Kier molecular flexibility index (Phi) is 4.49. The Hall–Kier alpha value is -1.89. The Bertz CT molecular complexity index is 585. The predicted octanol–water partition coefficient (Wildman–Crippen LogP) is 4.26. The van der Waals surface area contributed by atoms with E-state index in [9.17, 15) is 0 Å². The number of nitrogens with zero attached hydrogens (tertiary/aromatic N) is 1. The van der Waals surface area contributed by atoms with Gasteiger partial charge >= 0.3 is 0 Å². The minimum atomic E-state index is -0.0529. The Morgan fingerprint density at radius 2 is 1.71 bits per heavy atom. The molecule has 2 atom stereocenters. The highest BCUT2D eigenvalue weighted by Gasteiger charge is 2.33. The van der Waals surface area contributed by atoms with Crippen LogP contribution in [0.5, 0.6) is 0 Å². The van der Waals surface area contributed by atoms with Crippen LogP contribution < -0.4 is 5.06 Å². The standard InChI is InChI=1S/C18H17NOS/c1-21-13-12-17-14-18(15-8-4-2-5-9-15)19(20-17)16-10-6-3-7-11-16/h2-11,17-18H,14H2,1H3. The van der Waals surface area contributed by atoms with Crippen LogP contribution >= 0.6 is 11.8 Å². The molecule has 2 nitrogen and oxygen atoms in total. The number of hydroxylamine groups is 1. The smallest absolute Gasteiger partial charge is 0.149 e. The molecule has 1 aliphatic heterocycles. The first-order valence-electron chi connectivity index (χ1n) is 6.98. The van der Waals surface area contributed by atoms with Gasteiger partial charge in [-0.15, -0.1) is 0 Å². The third-order valence-corrected chi connectivity index (χ3v) is 3.80. The molecule has 21 heavy (non-hydrogen) atoms. The molecule has 106 valence electrons. The molecule has 0 aromatic heterocycles. The van der Waals surface area contributed by atoms with E-state index in [2.05, 4.69) is 47.6 Å². The molecule has 0 N–H and O–H groups in total. The maximum atomic E-state index is 6.06. The topological polar surface area (TPSA) is 12.5 Å². The van der Waals surface area contributed by atoms with Crippen LogP contribution in [0.25, 0.3) is 0 Å². The van der Waals surface area contributed by atoms with Gasteiger partial charge in [0, 0.05) is 6.42 Å². The highest BCUT2D eigenvalue weighted by molar-refractivity contribution is 8.03. The van der Waals surface area contributed by atoms with Gasteiger partial charge in [0.05, 0.1) is 11.7 Å². The maximum absolute atomic E-state index is 6.06. The molecule has 2 aromatic carbocycles. The van der Waals surface area contributed by atoms with Crippen molar-refractivity contribution in [2.75, 3.05) is 11.3 Å². The monoisotopic (exact) mass is 295 g/mol. The summed E-state index contributed by atoms with van der Waals surface area (Å²) >= 11 is 1.52. The van der Waals surface area contributed by atoms with Gasteiger partial charge in [-0.3, -0.25) is 4.84 Å². The Labute approximate surface area is 130 Å². The van der Waals surface area contributed by atoms with Crippen LogP contribution in [-0.2, 0) is 4.84 Å². The van der Waals surface area contributed by atoms with Crippen LogP contribution in [0.15, 0.2) is 60.7 Å². The molecule has 2 aromatic rings. The first-order chi connectivity index (χ1) is 10.4. The minimum Gasteiger partial charge on any atom is -0.256 e. The van der Waals surface area contributed by atoms with E-state index in [0.29, 0.717) is 0 Å². The molecule has 1 heterocycles. The first kappa shape index (κ1) is 14.1. The molecular formula is C18H17NOS. The van der Waals surface area contributed by atoms with Gasteiger partial charge in [0.1, 0.15) is 6.10 Å². The summed E-state index contributed by atoms with van der Waals surface area (Å²) < 4.78 is 0. The van der Waals surface area contributed by atoms with E-state index >= 15 is 0 Å². The predicted molar refractivity (Wildman–Crippen MR) is 88.9 cm³/mol. The molecular weight excluding hydrogens is 278 g/mol. The summed E-state index contributed by atoms with van der Waals surface area (Å²) in [5, 5.41) is 5.04. The lowest BCUT2D eigenvalue weighted by molar-refractivity contribution is 0.119. The van der Waals surface area contributed by atoms with E-state index < -0.39 is 0 Å². The van der Waals surface area contributed by atoms with E-state index in [1.165, 1.54) is 17.3 Å². The van der Waals surface area contributed by atoms with Crippen LogP contribution in [0.3, 0.4) is 0 Å². The molecule has 1 aliphatic rings. The van der Waals surface area contributed by atoms with Crippen molar-refractivity contribution in [2.24, 2.45) is 0 Å². The Morgan fingerprint density at radius 3 is 2.38 bits per heavy atom. The van der Waals surface area contributed by atoms with Gasteiger partial charge in [0.2, 0.25) is 0 Å². The highest BCUT2D eigenvalue weighted by atomic mass is 32.2. The van der Waals surface area contributed by atoms with Gasteiger partial charge in [0.15, 0.2) is 0 Å². The van der Waals surface area contributed by atoms with Crippen molar-refractivity contribution in [1.29, 1.82) is 0 Å². The van der Waals surface area contributed by atoms with Gasteiger partial charge in [0.25, 0.3) is 0 Å². The van der Waals surface area contributed by atoms with Crippen molar-refractivity contribution in [2.45, 2.75) is 18.6 Å². The second-order valence-corrected chi connectivity index (χ2v) is 5.48. The van der Waals surface area contributed by atoms with Crippen molar-refractivity contribution in [3.63, 3.8) is 0 Å². The SMILES string of the molecule is CSC#CC1CC(c2ccccc2)N(c2ccccc2)O1. The summed E-state index contributed by atoms with van der Waals surface area (Å²) in [6, 6.07) is 20.9. The fourth-order valence-corrected chi connectivity index (χ4v) is 2.77. The van der Waals surface area contributed by atoms with Crippen LogP contribution in [0, 0.1) is 11.2 Å². The molecule has 0 aliphatic carbocycles. The number of hydrogen-bond acceptors (Lipinski definition) is 3. The van der Waals surface area contributed by atoms with Crippen LogP contribution in [-0.4, -0.2) is 12.4 Å². The number of para-hydroxylation sites is 1. The number of thioether (sulfide) groups is 1. The van der Waals surface area contributed by atoms with Crippen LogP contribution in [0.1, 0.15) is 18.0 Å². The molecule has 0 spiro atoms. The zero-order valence-electron chi connectivity index (χ0n) is 11.9. The Morgan fingerprint density at radius 1 is 1.05 bits per heavy atom. The van der Waals surface area contributed by atoms with Gasteiger partial charge in [-0.1, -0.05) is 66.2 Å². The van der Waals surface area contributed by atoms with Gasteiger partial charge in [-0.2, -0.15) is 0 Å². The molecule has 2 unspecified atom stereocenters. The average molecular weight is 295 g/mol. The third-order valence-electron chi connectivity index (χ3n) is 3.48. The summed E-state index contributed by atoms with van der Waals surface area (Å²) in [4.78, 5) is 6.06. The number of rotatable bonds is 2. The van der Waals surface area contributed by atoms with Gasteiger partial charge in [-0.05, 0) is 29.2 Å². The highest BCUT2D eigenvalue weighted by Crippen LogP contribution is 2.37. The summed E-state index contributed by atoms with van der Waals surface area (Å²) in [7, 11) is 0. The second-order valence-electron chi connectivity index (χ2n) is 4.87. The minimum absolute atomic E-state index is 0.0529. The molecule has 0 amide bonds. The van der Waals surface area contributed by atoms with E-state index in [1.54, 1.807) is 0 Å². The fourth-order valence-electron chi connectivity index (χ4n) is 2.52. The fraction of sp³-hybridized carbons (Fsp3) is 0.222. The molecule has 0 saturated carbocycles. The van der Waals surface area contributed by atoms with Crippen molar-refractivity contribution >= 4 is 17.4 Å². The molecule has 1 saturated heterocycles. The molecule has 3 rings (SSSR count). The zero-order valence-corrected chi connectivity index (χ0v) is 12.7. The summed E-state index contributed by atoms with van der Waals surface area (Å²) in [6.45, 7) is 0. The maximum Gasteiger partial charge on any atom is 0.149 e. The Balaban J connectivity index is 1.91. The molecule has 3 heteroatoms. The molecule has 1 fully saturated rings. The summed E-state index contributed by atoms with van der Waals surface area (Å²) in [5.41, 5.74) is 2.33. The average Bonchev–Trinajstić information content (AvgIpc) is 2.99. The van der Waals surface area contributed by atoms with E-state index in [-0.39, 0.29) is 12.1 Å². The third kappa shape index (κ3) is 3.24. The summed E-state index contributed by atoms with van der Waals surface area (Å²) in [6.07, 6.45) is 2.81. The van der Waals surface area contributed by atoms with Gasteiger partial charge in [-0.25, -0.2) is 5.06 Å². The molecule has 0 bridgehead atoms. The first-order valence-corrected chi connectivity index (χ1v) is 8.20. The summed E-state index contributed by atoms with van der Waals surface area (Å²) in [5.74, 6) is 3.18. The van der Waals surface area contributed by atoms with E-state index in [0.717, 1.165) is 12.1 Å². The van der Waals surface area contributed by atoms with Crippen molar-refractivity contribution < 1.29 is 4.84 Å². The number of benzene rings is 2. The van der Waals surface area contributed by atoms with E-state index in [4.69, 9.17) is 4.84 Å². The lowest BCUT2D eigenvalue weighted by Crippen LogP contribution is -2.21. The normalized spacial score (nSPS) is 20.9. The quantitative estimate of drug-likeness (QED) is 0.768. The number of anilines is 1. The zero-order chi connectivity index (χ0) is 14.5. The van der Waals surface area contributed by atoms with Gasteiger partial charge < -0.3 is 0 Å². The van der Waals surface area contributed by atoms with Crippen molar-refractivity contribution in [3.8, 4) is 11.2 Å². The second kappa shape index (κ2) is 6.71. The van der Waals surface area contributed by atoms with Crippen LogP contribution in [0.2, 0.25) is 0 Å². The van der Waals surface area contributed by atoms with Crippen LogP contribution in [0.4, 0.5) is 5.69 Å². The molecule has 0 radical (unpaired) electrons. The van der Waals surface area contributed by atoms with Crippen molar-refractivity contribution in [1.82, 2.24) is 0 Å². The largest absolute Gasteiger partial charge is 0.256 e. The van der Waals surface area contributed by atoms with E-state index in [1.807, 2.05) is 35.6 Å². The number of hydrogen-bond donors (Lipinski definition) is 0. The van der Waals surface area contributed by atoms with Crippen molar-refractivity contribution in [3.05, 3.63) is 66.2 Å². The lowest BCUT2D eigenvalue weighted by Gasteiger charge is -2.24. The lowest BCUT2D eigenvalue weighted by atomic mass is 10.0.